The van der Waals surface area contributed by atoms with Crippen LogP contribution in [0.3, 0.4) is 0 Å². The van der Waals surface area contributed by atoms with Gasteiger partial charge in [-0.15, -0.1) is 0 Å². The van der Waals surface area contributed by atoms with Gasteiger partial charge in [-0.1, -0.05) is 51.1 Å². The zero-order valence-electron chi connectivity index (χ0n) is 17.9. The molecule has 0 aromatic heterocycles. The van der Waals surface area contributed by atoms with Crippen molar-refractivity contribution in [3.05, 3.63) is 72.5 Å². The number of carbonyl (C=O) groups excluding carboxylic acids is 1. The summed E-state index contributed by atoms with van der Waals surface area (Å²) < 4.78 is 41.7. The van der Waals surface area contributed by atoms with Gasteiger partial charge in [0, 0.05) is 18.5 Å². The van der Waals surface area contributed by atoms with Crippen molar-refractivity contribution in [1.82, 2.24) is 5.32 Å². The number of rotatable bonds is 7. The second-order valence-electron chi connectivity index (χ2n) is 8.42. The summed E-state index contributed by atoms with van der Waals surface area (Å²) in [5, 5.41) is 4.60. The highest BCUT2D eigenvalue weighted by Gasteiger charge is 2.26. The van der Waals surface area contributed by atoms with Gasteiger partial charge in [-0.2, -0.15) is 0 Å². The molecule has 3 aromatic rings. The minimum atomic E-state index is -3.89. The van der Waals surface area contributed by atoms with Crippen molar-refractivity contribution in [3.8, 4) is 0 Å². The summed E-state index contributed by atoms with van der Waals surface area (Å²) in [6.45, 7) is 5.93. The molecule has 0 atom stereocenters. The molecule has 0 bridgehead atoms. The summed E-state index contributed by atoms with van der Waals surface area (Å²) in [5.41, 5.74) is -0.148. The van der Waals surface area contributed by atoms with Crippen LogP contribution in [0, 0.1) is 11.2 Å². The van der Waals surface area contributed by atoms with E-state index in [-0.39, 0.29) is 17.3 Å². The third kappa shape index (κ3) is 5.41. The van der Waals surface area contributed by atoms with E-state index in [2.05, 4.69) is 5.32 Å². The summed E-state index contributed by atoms with van der Waals surface area (Å²) in [6.07, 6.45) is 0.409. The lowest BCUT2D eigenvalue weighted by Crippen LogP contribution is -2.38. The van der Waals surface area contributed by atoms with E-state index >= 15 is 0 Å². The van der Waals surface area contributed by atoms with E-state index in [1.807, 2.05) is 45.0 Å². The van der Waals surface area contributed by atoms with Gasteiger partial charge in [0.05, 0.1) is 10.6 Å². The SMILES string of the molecule is CC(C)(C)C(=O)NCCCN(c1ccc(F)cc1)S(=O)(=O)c1ccc2ccccc2c1. The minimum absolute atomic E-state index is 0.0989. The van der Waals surface area contributed by atoms with E-state index in [0.717, 1.165) is 10.8 Å². The Bertz CT molecular complexity index is 1170. The monoisotopic (exact) mass is 442 g/mol. The molecule has 3 rings (SSSR count). The number of halogens is 1. The average molecular weight is 443 g/mol. The number of sulfonamides is 1. The van der Waals surface area contributed by atoms with Crippen molar-refractivity contribution in [1.29, 1.82) is 0 Å². The maximum atomic E-state index is 13.5. The van der Waals surface area contributed by atoms with Crippen molar-refractivity contribution in [3.63, 3.8) is 0 Å². The number of nitrogens with one attached hydrogen (secondary N) is 1. The number of hydrogen-bond donors (Lipinski definition) is 1. The number of hydrogen-bond acceptors (Lipinski definition) is 3. The maximum absolute atomic E-state index is 13.5. The molecule has 7 heteroatoms. The molecule has 0 fully saturated rings. The van der Waals surface area contributed by atoms with Gasteiger partial charge in [-0.05, 0) is 53.6 Å². The van der Waals surface area contributed by atoms with Crippen LogP contribution in [-0.2, 0) is 14.8 Å². The van der Waals surface area contributed by atoms with Crippen LogP contribution >= 0.6 is 0 Å². The summed E-state index contributed by atoms with van der Waals surface area (Å²) in [6, 6.07) is 17.9. The van der Waals surface area contributed by atoms with Crippen LogP contribution < -0.4 is 9.62 Å². The van der Waals surface area contributed by atoms with Gasteiger partial charge in [-0.25, -0.2) is 12.8 Å². The highest BCUT2D eigenvalue weighted by Crippen LogP contribution is 2.27. The molecule has 0 saturated carbocycles. The zero-order valence-corrected chi connectivity index (χ0v) is 18.7. The highest BCUT2D eigenvalue weighted by molar-refractivity contribution is 7.92. The first-order valence-corrected chi connectivity index (χ1v) is 11.6. The molecular formula is C24H27FN2O3S. The van der Waals surface area contributed by atoms with Gasteiger partial charge in [0.1, 0.15) is 5.82 Å². The fourth-order valence-corrected chi connectivity index (χ4v) is 4.68. The van der Waals surface area contributed by atoms with E-state index < -0.39 is 21.3 Å². The van der Waals surface area contributed by atoms with Gasteiger partial charge in [-0.3, -0.25) is 9.10 Å². The molecule has 1 amide bonds. The molecule has 0 aliphatic carbocycles. The van der Waals surface area contributed by atoms with Crippen molar-refractivity contribution in [2.45, 2.75) is 32.1 Å². The molecule has 1 N–H and O–H groups in total. The lowest BCUT2D eigenvalue weighted by molar-refractivity contribution is -0.128. The second-order valence-corrected chi connectivity index (χ2v) is 10.3. The van der Waals surface area contributed by atoms with E-state index in [1.165, 1.54) is 28.6 Å². The summed E-state index contributed by atoms with van der Waals surface area (Å²) >= 11 is 0. The fourth-order valence-electron chi connectivity index (χ4n) is 3.14. The zero-order chi connectivity index (χ0) is 22.6. The smallest absolute Gasteiger partial charge is 0.264 e. The molecule has 0 saturated heterocycles. The van der Waals surface area contributed by atoms with Gasteiger partial charge >= 0.3 is 0 Å². The van der Waals surface area contributed by atoms with E-state index in [0.29, 0.717) is 18.7 Å². The molecule has 0 radical (unpaired) electrons. The summed E-state index contributed by atoms with van der Waals surface area (Å²) in [7, 11) is -3.89. The number of benzene rings is 3. The number of carbonyl (C=O) groups is 1. The fraction of sp³-hybridized carbons (Fsp3) is 0.292. The van der Waals surface area contributed by atoms with Crippen LogP contribution in [0.15, 0.2) is 71.6 Å². The van der Waals surface area contributed by atoms with Crippen LogP contribution in [0.1, 0.15) is 27.2 Å². The molecular weight excluding hydrogens is 415 g/mol. The molecule has 0 heterocycles. The Balaban J connectivity index is 1.87. The molecule has 31 heavy (non-hydrogen) atoms. The first kappa shape index (κ1) is 22.7. The van der Waals surface area contributed by atoms with Crippen LogP contribution in [0.25, 0.3) is 10.8 Å². The second kappa shape index (κ2) is 9.06. The quantitative estimate of drug-likeness (QED) is 0.538. The molecule has 164 valence electrons. The Morgan fingerprint density at radius 2 is 1.61 bits per heavy atom. The number of anilines is 1. The molecule has 0 unspecified atom stereocenters. The van der Waals surface area contributed by atoms with E-state index in [4.69, 9.17) is 0 Å². The highest BCUT2D eigenvalue weighted by atomic mass is 32.2. The van der Waals surface area contributed by atoms with E-state index in [9.17, 15) is 17.6 Å². The summed E-state index contributed by atoms with van der Waals surface area (Å²) in [4.78, 5) is 12.2. The number of fused-ring (bicyclic) bond motifs is 1. The average Bonchev–Trinajstić information content (AvgIpc) is 2.73. The Morgan fingerprint density at radius 1 is 0.968 bits per heavy atom. The van der Waals surface area contributed by atoms with Crippen LogP contribution in [0.2, 0.25) is 0 Å². The Morgan fingerprint density at radius 3 is 2.26 bits per heavy atom. The van der Waals surface area contributed by atoms with Gasteiger partial charge < -0.3 is 5.32 Å². The lowest BCUT2D eigenvalue weighted by Gasteiger charge is -2.25. The van der Waals surface area contributed by atoms with Gasteiger partial charge in [0.15, 0.2) is 0 Å². The van der Waals surface area contributed by atoms with Crippen molar-refractivity contribution >= 4 is 32.4 Å². The topological polar surface area (TPSA) is 66.5 Å². The van der Waals surface area contributed by atoms with Crippen LogP contribution in [-0.4, -0.2) is 27.4 Å². The van der Waals surface area contributed by atoms with Crippen LogP contribution in [0.5, 0.6) is 0 Å². The van der Waals surface area contributed by atoms with Crippen molar-refractivity contribution < 1.29 is 17.6 Å². The Labute approximate surface area is 182 Å². The van der Waals surface area contributed by atoms with Crippen molar-refractivity contribution in [2.24, 2.45) is 5.41 Å². The first-order valence-electron chi connectivity index (χ1n) is 10.1. The van der Waals surface area contributed by atoms with Gasteiger partial charge in [0.25, 0.3) is 10.0 Å². The molecule has 0 aliphatic rings. The van der Waals surface area contributed by atoms with Crippen LogP contribution in [0.4, 0.5) is 10.1 Å². The molecule has 0 spiro atoms. The lowest BCUT2D eigenvalue weighted by atomic mass is 9.96. The molecule has 0 aliphatic heterocycles. The largest absolute Gasteiger partial charge is 0.356 e. The standard InChI is InChI=1S/C24H27FN2O3S/c1-24(2,3)23(28)26-15-6-16-27(21-12-10-20(25)11-13-21)31(29,30)22-14-9-18-7-4-5-8-19(18)17-22/h4-5,7-14,17H,6,15-16H2,1-3H3,(H,26,28). The Kier molecular flexibility index (Phi) is 6.65. The minimum Gasteiger partial charge on any atom is -0.356 e. The first-order chi connectivity index (χ1) is 14.6. The van der Waals surface area contributed by atoms with Crippen molar-refractivity contribution in [2.75, 3.05) is 17.4 Å². The molecule has 3 aromatic carbocycles. The third-order valence-electron chi connectivity index (χ3n) is 4.93. The predicted molar refractivity (Wildman–Crippen MR) is 122 cm³/mol. The maximum Gasteiger partial charge on any atom is 0.264 e. The third-order valence-corrected chi connectivity index (χ3v) is 6.75. The Hall–Kier alpha value is -2.93. The number of amides is 1. The van der Waals surface area contributed by atoms with Gasteiger partial charge in [0.2, 0.25) is 5.91 Å². The van der Waals surface area contributed by atoms with E-state index in [1.54, 1.807) is 18.2 Å². The number of nitrogens with zero attached hydrogens (tertiary/aromatic N) is 1. The normalized spacial score (nSPS) is 12.0. The molecule has 5 nitrogen and oxygen atoms in total. The summed E-state index contributed by atoms with van der Waals surface area (Å²) in [5.74, 6) is -0.539. The predicted octanol–water partition coefficient (Wildman–Crippen LogP) is 4.73.